The molecule has 130 valence electrons. The molecule has 1 heterocycles. The van der Waals surface area contributed by atoms with E-state index in [1.54, 1.807) is 0 Å². The van der Waals surface area contributed by atoms with Gasteiger partial charge in [0.1, 0.15) is 11.9 Å². The summed E-state index contributed by atoms with van der Waals surface area (Å²) in [5.41, 5.74) is -0.847. The second-order valence-electron chi connectivity index (χ2n) is 4.80. The van der Waals surface area contributed by atoms with E-state index in [4.69, 9.17) is 9.47 Å². The molecule has 0 aliphatic carbocycles. The number of hydrogen-bond acceptors (Lipinski definition) is 4. The van der Waals surface area contributed by atoms with E-state index in [1.165, 1.54) is 19.2 Å². The lowest BCUT2D eigenvalue weighted by molar-refractivity contribution is -0.139. The van der Waals surface area contributed by atoms with E-state index >= 15 is 0 Å². The molecule has 9 heteroatoms. The molecule has 0 radical (unpaired) electrons. The monoisotopic (exact) mass is 354 g/mol. The van der Waals surface area contributed by atoms with E-state index in [-0.39, 0.29) is 30.3 Å². The highest BCUT2D eigenvalue weighted by atomic mass is 35.5. The fourth-order valence-corrected chi connectivity index (χ4v) is 2.13. The summed E-state index contributed by atoms with van der Waals surface area (Å²) >= 11 is 0. The molecule has 23 heavy (non-hydrogen) atoms. The Labute approximate surface area is 137 Å². The van der Waals surface area contributed by atoms with Crippen molar-refractivity contribution in [2.24, 2.45) is 0 Å². The molecule has 5 nitrogen and oxygen atoms in total. The van der Waals surface area contributed by atoms with Crippen LogP contribution >= 0.6 is 12.4 Å². The van der Waals surface area contributed by atoms with E-state index in [0.29, 0.717) is 19.7 Å². The van der Waals surface area contributed by atoms with Crippen molar-refractivity contribution in [1.82, 2.24) is 10.6 Å². The molecule has 2 N–H and O–H groups in total. The first-order valence-electron chi connectivity index (χ1n) is 6.76. The number of hydrogen-bond donors (Lipinski definition) is 2. The van der Waals surface area contributed by atoms with Crippen molar-refractivity contribution in [1.29, 1.82) is 0 Å². The van der Waals surface area contributed by atoms with Crippen LogP contribution in [0.2, 0.25) is 0 Å². The van der Waals surface area contributed by atoms with E-state index in [1.807, 2.05) is 0 Å². The molecule has 0 bridgehead atoms. The van der Waals surface area contributed by atoms with Crippen molar-refractivity contribution in [3.8, 4) is 5.75 Å². The Balaban J connectivity index is 0.00000264. The molecule has 1 aromatic carbocycles. The van der Waals surface area contributed by atoms with Crippen molar-refractivity contribution in [2.45, 2.75) is 18.8 Å². The zero-order valence-corrected chi connectivity index (χ0v) is 13.2. The minimum atomic E-state index is -4.52. The van der Waals surface area contributed by atoms with Crippen molar-refractivity contribution >= 4 is 18.3 Å². The maximum Gasteiger partial charge on any atom is 0.416 e. The summed E-state index contributed by atoms with van der Waals surface area (Å²) in [4.78, 5) is 11.9. The first-order chi connectivity index (χ1) is 10.4. The normalized spacial score (nSPS) is 18.0. The predicted molar refractivity (Wildman–Crippen MR) is 79.7 cm³/mol. The number of carbonyl (C=O) groups excluding carboxylic acids is 1. The first kappa shape index (κ1) is 19.5. The number of rotatable bonds is 4. The van der Waals surface area contributed by atoms with Gasteiger partial charge in [-0.3, -0.25) is 4.79 Å². The Hall–Kier alpha value is -1.51. The third-order valence-corrected chi connectivity index (χ3v) is 3.30. The zero-order valence-electron chi connectivity index (χ0n) is 12.4. The Morgan fingerprint density at radius 2 is 2.22 bits per heavy atom. The lowest BCUT2D eigenvalue weighted by Crippen LogP contribution is -2.47. The SMILES string of the molecule is COc1ccc(CNC(=O)C2CNCCO2)c(C(F)(F)F)c1.Cl. The van der Waals surface area contributed by atoms with Crippen LogP contribution in [0.25, 0.3) is 0 Å². The standard InChI is InChI=1S/C14H17F3N2O3.ClH/c1-21-10-3-2-9(11(6-10)14(15,16)17)7-19-13(20)12-8-18-4-5-22-12;/h2-3,6,12,18H,4-5,7-8H2,1H3,(H,19,20);1H. The van der Waals surface area contributed by atoms with E-state index in [2.05, 4.69) is 10.6 Å². The smallest absolute Gasteiger partial charge is 0.416 e. The van der Waals surface area contributed by atoms with Crippen LogP contribution < -0.4 is 15.4 Å². The van der Waals surface area contributed by atoms with Crippen molar-refractivity contribution in [3.05, 3.63) is 29.3 Å². The van der Waals surface area contributed by atoms with E-state index in [9.17, 15) is 18.0 Å². The van der Waals surface area contributed by atoms with Gasteiger partial charge in [0.25, 0.3) is 5.91 Å². The summed E-state index contributed by atoms with van der Waals surface area (Å²) in [7, 11) is 1.30. The molecule has 2 rings (SSSR count). The van der Waals surface area contributed by atoms with Gasteiger partial charge in [-0.1, -0.05) is 6.07 Å². The molecule has 1 unspecified atom stereocenters. The molecule has 0 spiro atoms. The number of nitrogens with one attached hydrogen (secondary N) is 2. The molecular formula is C14H18ClF3N2O3. The highest BCUT2D eigenvalue weighted by Gasteiger charge is 2.34. The van der Waals surface area contributed by atoms with Gasteiger partial charge in [-0.25, -0.2) is 0 Å². The number of ether oxygens (including phenoxy) is 2. The van der Waals surface area contributed by atoms with Gasteiger partial charge >= 0.3 is 6.18 Å². The Morgan fingerprint density at radius 3 is 2.78 bits per heavy atom. The van der Waals surface area contributed by atoms with Crippen LogP contribution in [0.5, 0.6) is 5.75 Å². The van der Waals surface area contributed by atoms with Gasteiger partial charge in [-0.15, -0.1) is 12.4 Å². The van der Waals surface area contributed by atoms with Crippen LogP contribution in [0.1, 0.15) is 11.1 Å². The Bertz CT molecular complexity index is 534. The van der Waals surface area contributed by atoms with Gasteiger partial charge in [-0.2, -0.15) is 13.2 Å². The molecule has 1 atom stereocenters. The largest absolute Gasteiger partial charge is 0.497 e. The number of halogens is 4. The topological polar surface area (TPSA) is 59.6 Å². The minimum Gasteiger partial charge on any atom is -0.497 e. The number of morpholine rings is 1. The minimum absolute atomic E-state index is 0. The number of alkyl halides is 3. The Kier molecular flexibility index (Phi) is 7.11. The molecule has 1 aliphatic rings. The molecule has 0 saturated carbocycles. The number of benzene rings is 1. The molecule has 1 amide bonds. The summed E-state index contributed by atoms with van der Waals surface area (Å²) in [5, 5.41) is 5.46. The number of amides is 1. The second kappa shape index (κ2) is 8.37. The summed E-state index contributed by atoms with van der Waals surface area (Å²) < 4.78 is 49.2. The van der Waals surface area contributed by atoms with Crippen LogP contribution in [0.15, 0.2) is 18.2 Å². The second-order valence-corrected chi connectivity index (χ2v) is 4.80. The Morgan fingerprint density at radius 1 is 1.48 bits per heavy atom. The summed E-state index contributed by atoms with van der Waals surface area (Å²) in [5.74, 6) is -0.321. The van der Waals surface area contributed by atoms with Gasteiger partial charge in [0.2, 0.25) is 0 Å². The molecular weight excluding hydrogens is 337 g/mol. The quantitative estimate of drug-likeness (QED) is 0.864. The molecule has 1 saturated heterocycles. The van der Waals surface area contributed by atoms with Gasteiger partial charge in [0.15, 0.2) is 0 Å². The highest BCUT2D eigenvalue weighted by Crippen LogP contribution is 2.34. The van der Waals surface area contributed by atoms with Crippen LogP contribution in [-0.2, 0) is 22.3 Å². The zero-order chi connectivity index (χ0) is 16.2. The predicted octanol–water partition coefficient (Wildman–Crippen LogP) is 1.74. The molecule has 1 aromatic rings. The van der Waals surface area contributed by atoms with Gasteiger partial charge < -0.3 is 20.1 Å². The average Bonchev–Trinajstić information content (AvgIpc) is 2.52. The van der Waals surface area contributed by atoms with Crippen LogP contribution in [0, 0.1) is 0 Å². The number of methoxy groups -OCH3 is 1. The van der Waals surface area contributed by atoms with Crippen molar-refractivity contribution in [3.63, 3.8) is 0 Å². The summed E-state index contributed by atoms with van der Waals surface area (Å²) in [6.45, 7) is 1.17. The van der Waals surface area contributed by atoms with Crippen molar-refractivity contribution in [2.75, 3.05) is 26.8 Å². The van der Waals surface area contributed by atoms with E-state index < -0.39 is 23.8 Å². The first-order valence-corrected chi connectivity index (χ1v) is 6.76. The molecule has 1 fully saturated rings. The number of carbonyl (C=O) groups is 1. The fourth-order valence-electron chi connectivity index (χ4n) is 2.13. The lowest BCUT2D eigenvalue weighted by atomic mass is 10.1. The third-order valence-electron chi connectivity index (χ3n) is 3.30. The van der Waals surface area contributed by atoms with Crippen LogP contribution in [0.4, 0.5) is 13.2 Å². The summed E-state index contributed by atoms with van der Waals surface area (Å²) in [6, 6.07) is 3.64. The summed E-state index contributed by atoms with van der Waals surface area (Å²) in [6.07, 6.45) is -5.20. The maximum absolute atomic E-state index is 13.0. The van der Waals surface area contributed by atoms with Gasteiger partial charge in [0, 0.05) is 19.6 Å². The van der Waals surface area contributed by atoms with E-state index in [0.717, 1.165) is 6.07 Å². The third kappa shape index (κ3) is 5.26. The maximum atomic E-state index is 13.0. The van der Waals surface area contributed by atoms with Gasteiger partial charge in [0.05, 0.1) is 19.3 Å². The van der Waals surface area contributed by atoms with Gasteiger partial charge in [-0.05, 0) is 17.7 Å². The highest BCUT2D eigenvalue weighted by molar-refractivity contribution is 5.85. The molecule has 0 aromatic heterocycles. The average molecular weight is 355 g/mol. The molecule has 1 aliphatic heterocycles. The lowest BCUT2D eigenvalue weighted by Gasteiger charge is -2.23. The van der Waals surface area contributed by atoms with Crippen LogP contribution in [-0.4, -0.2) is 38.8 Å². The fraction of sp³-hybridized carbons (Fsp3) is 0.500. The van der Waals surface area contributed by atoms with Crippen molar-refractivity contribution < 1.29 is 27.4 Å². The van der Waals surface area contributed by atoms with Crippen LogP contribution in [0.3, 0.4) is 0 Å².